The quantitative estimate of drug-likeness (QED) is 0.747. The fourth-order valence-corrected chi connectivity index (χ4v) is 4.29. The zero-order valence-electron chi connectivity index (χ0n) is 19.4. The van der Waals surface area contributed by atoms with Gasteiger partial charge in [-0.25, -0.2) is 14.4 Å². The maximum absolute atomic E-state index is 14.3. The Morgan fingerprint density at radius 3 is 2.58 bits per heavy atom. The summed E-state index contributed by atoms with van der Waals surface area (Å²) in [5.74, 6) is 1.32. The molecule has 4 rings (SSSR count). The Kier molecular flexibility index (Phi) is 6.75. The number of amides is 1. The van der Waals surface area contributed by atoms with Gasteiger partial charge in [0.2, 0.25) is 5.91 Å². The molecule has 2 aromatic rings. The normalized spacial score (nSPS) is 16.5. The molecule has 8 nitrogen and oxygen atoms in total. The first-order chi connectivity index (χ1) is 15.8. The smallest absolute Gasteiger partial charge is 0.219 e. The lowest BCUT2D eigenvalue weighted by Gasteiger charge is -2.37. The summed E-state index contributed by atoms with van der Waals surface area (Å²) in [4.78, 5) is 27.9. The predicted molar refractivity (Wildman–Crippen MR) is 124 cm³/mol. The molecule has 174 valence electrons. The number of halogens is 1. The third-order valence-electron chi connectivity index (χ3n) is 6.11. The van der Waals surface area contributed by atoms with Crippen molar-refractivity contribution in [3.8, 4) is 6.07 Å². The van der Waals surface area contributed by atoms with Gasteiger partial charge in [-0.15, -0.1) is 0 Å². The lowest BCUT2D eigenvalue weighted by Crippen LogP contribution is -2.47. The van der Waals surface area contributed by atoms with Gasteiger partial charge in [0.05, 0.1) is 29.6 Å². The molecule has 1 aromatic carbocycles. The molecule has 0 saturated carbocycles. The second-order valence-corrected chi connectivity index (χ2v) is 8.96. The Morgan fingerprint density at radius 2 is 1.94 bits per heavy atom. The number of carbonyl (C=O) groups excluding carboxylic acids is 1. The van der Waals surface area contributed by atoms with Crippen molar-refractivity contribution in [2.45, 2.75) is 46.3 Å². The van der Waals surface area contributed by atoms with Gasteiger partial charge in [0.1, 0.15) is 5.82 Å². The van der Waals surface area contributed by atoms with Crippen molar-refractivity contribution in [3.05, 3.63) is 46.5 Å². The number of hydrogen-bond acceptors (Lipinski definition) is 7. The van der Waals surface area contributed by atoms with Crippen LogP contribution in [-0.4, -0.2) is 64.4 Å². The van der Waals surface area contributed by atoms with E-state index in [1.54, 1.807) is 24.0 Å². The first-order valence-corrected chi connectivity index (χ1v) is 11.4. The van der Waals surface area contributed by atoms with Crippen LogP contribution in [0.5, 0.6) is 0 Å². The van der Waals surface area contributed by atoms with Crippen LogP contribution in [0.15, 0.2) is 18.2 Å². The Bertz CT molecular complexity index is 1070. The highest BCUT2D eigenvalue weighted by Crippen LogP contribution is 2.28. The van der Waals surface area contributed by atoms with Crippen molar-refractivity contribution in [3.63, 3.8) is 0 Å². The Morgan fingerprint density at radius 1 is 1.18 bits per heavy atom. The SMILES string of the molecule is CC(=O)N1CCc2nc(N3CCN(Cc4ccc(C#N)cc4F)CC3)c(NC(C)C)nc2C1. The van der Waals surface area contributed by atoms with Gasteiger partial charge in [0.25, 0.3) is 0 Å². The van der Waals surface area contributed by atoms with Gasteiger partial charge in [-0.1, -0.05) is 6.07 Å². The van der Waals surface area contributed by atoms with E-state index in [-0.39, 0.29) is 17.8 Å². The summed E-state index contributed by atoms with van der Waals surface area (Å²) < 4.78 is 14.3. The van der Waals surface area contributed by atoms with Gasteiger partial charge in [-0.2, -0.15) is 5.26 Å². The number of nitrogens with one attached hydrogen (secondary N) is 1. The molecule has 0 atom stereocenters. The predicted octanol–water partition coefficient (Wildman–Crippen LogP) is 2.53. The van der Waals surface area contributed by atoms with Crippen LogP contribution in [0.3, 0.4) is 0 Å². The molecule has 1 saturated heterocycles. The van der Waals surface area contributed by atoms with Crippen LogP contribution in [0.4, 0.5) is 16.0 Å². The van der Waals surface area contributed by atoms with Crippen LogP contribution in [0.25, 0.3) is 0 Å². The molecule has 2 aliphatic heterocycles. The second kappa shape index (κ2) is 9.71. The lowest BCUT2D eigenvalue weighted by atomic mass is 10.1. The highest BCUT2D eigenvalue weighted by molar-refractivity contribution is 5.73. The third kappa shape index (κ3) is 5.22. The number of piperazine rings is 1. The largest absolute Gasteiger partial charge is 0.365 e. The molecule has 1 amide bonds. The van der Waals surface area contributed by atoms with E-state index in [9.17, 15) is 9.18 Å². The molecule has 0 bridgehead atoms. The number of benzene rings is 1. The Balaban J connectivity index is 1.48. The summed E-state index contributed by atoms with van der Waals surface area (Å²) in [6.07, 6.45) is 0.703. The van der Waals surface area contributed by atoms with E-state index in [0.29, 0.717) is 37.2 Å². The summed E-state index contributed by atoms with van der Waals surface area (Å²) >= 11 is 0. The van der Waals surface area contributed by atoms with Crippen molar-refractivity contribution in [1.29, 1.82) is 5.26 Å². The van der Waals surface area contributed by atoms with Crippen molar-refractivity contribution in [2.24, 2.45) is 0 Å². The topological polar surface area (TPSA) is 88.4 Å². The summed E-state index contributed by atoms with van der Waals surface area (Å²) in [6, 6.07) is 6.83. The number of nitriles is 1. The zero-order valence-corrected chi connectivity index (χ0v) is 19.4. The van der Waals surface area contributed by atoms with Crippen LogP contribution in [0.1, 0.15) is 43.3 Å². The molecule has 9 heteroatoms. The molecular formula is C24H30FN7O. The molecule has 1 fully saturated rings. The molecule has 0 radical (unpaired) electrons. The minimum Gasteiger partial charge on any atom is -0.365 e. The lowest BCUT2D eigenvalue weighted by molar-refractivity contribution is -0.129. The van der Waals surface area contributed by atoms with Crippen molar-refractivity contribution < 1.29 is 9.18 Å². The molecule has 0 unspecified atom stereocenters. The molecule has 1 aromatic heterocycles. The van der Waals surface area contributed by atoms with Crippen molar-refractivity contribution >= 4 is 17.5 Å². The number of aromatic nitrogens is 2. The zero-order chi connectivity index (χ0) is 23.5. The molecular weight excluding hydrogens is 421 g/mol. The average Bonchev–Trinajstić information content (AvgIpc) is 2.79. The highest BCUT2D eigenvalue weighted by Gasteiger charge is 2.27. The standard InChI is InChI=1S/C24H30FN7O/c1-16(2)27-23-24(29-21-6-7-32(17(3)33)15-22(21)28-23)31-10-8-30(9-11-31)14-19-5-4-18(13-26)12-20(19)25/h4-5,12,16H,6-11,14-15H2,1-3H3,(H,27,28). The third-order valence-corrected chi connectivity index (χ3v) is 6.11. The first kappa shape index (κ1) is 22.9. The van der Waals surface area contributed by atoms with Gasteiger partial charge >= 0.3 is 0 Å². The molecule has 1 N–H and O–H groups in total. The van der Waals surface area contributed by atoms with Crippen LogP contribution < -0.4 is 10.2 Å². The van der Waals surface area contributed by atoms with Gasteiger partial charge < -0.3 is 15.1 Å². The summed E-state index contributed by atoms with van der Waals surface area (Å²) in [6.45, 7) is 10.5. The average molecular weight is 452 g/mol. The highest BCUT2D eigenvalue weighted by atomic mass is 19.1. The molecule has 2 aliphatic rings. The summed E-state index contributed by atoms with van der Waals surface area (Å²) in [5, 5.41) is 12.4. The molecule has 0 aliphatic carbocycles. The fraction of sp³-hybridized carbons (Fsp3) is 0.500. The van der Waals surface area contributed by atoms with Crippen LogP contribution >= 0.6 is 0 Å². The van der Waals surface area contributed by atoms with E-state index in [4.69, 9.17) is 15.2 Å². The number of fused-ring (bicyclic) bond motifs is 1. The number of rotatable bonds is 5. The monoisotopic (exact) mass is 451 g/mol. The van der Waals surface area contributed by atoms with Crippen LogP contribution in [0.2, 0.25) is 0 Å². The molecule has 3 heterocycles. The maximum Gasteiger partial charge on any atom is 0.219 e. The summed E-state index contributed by atoms with van der Waals surface area (Å²) in [7, 11) is 0. The fourth-order valence-electron chi connectivity index (χ4n) is 4.29. The number of carbonyl (C=O) groups is 1. The van der Waals surface area contributed by atoms with E-state index >= 15 is 0 Å². The first-order valence-electron chi connectivity index (χ1n) is 11.4. The van der Waals surface area contributed by atoms with Crippen LogP contribution in [0, 0.1) is 17.1 Å². The molecule has 0 spiro atoms. The number of anilines is 2. The van der Waals surface area contributed by atoms with E-state index in [0.717, 1.165) is 49.2 Å². The minimum absolute atomic E-state index is 0.0553. The van der Waals surface area contributed by atoms with E-state index in [1.807, 2.05) is 6.07 Å². The van der Waals surface area contributed by atoms with Crippen LogP contribution in [-0.2, 0) is 24.3 Å². The van der Waals surface area contributed by atoms with Gasteiger partial charge in [0.15, 0.2) is 11.6 Å². The van der Waals surface area contributed by atoms with E-state index in [1.165, 1.54) is 6.07 Å². The van der Waals surface area contributed by atoms with Crippen molar-refractivity contribution in [2.75, 3.05) is 42.9 Å². The Labute approximate surface area is 194 Å². The maximum atomic E-state index is 14.3. The number of hydrogen-bond donors (Lipinski definition) is 1. The van der Waals surface area contributed by atoms with Crippen molar-refractivity contribution in [1.82, 2.24) is 19.8 Å². The van der Waals surface area contributed by atoms with E-state index < -0.39 is 0 Å². The molecule has 33 heavy (non-hydrogen) atoms. The summed E-state index contributed by atoms with van der Waals surface area (Å²) in [5.41, 5.74) is 2.76. The van der Waals surface area contributed by atoms with Gasteiger partial charge in [-0.3, -0.25) is 9.69 Å². The number of nitrogens with zero attached hydrogens (tertiary/aromatic N) is 6. The van der Waals surface area contributed by atoms with Gasteiger partial charge in [-0.05, 0) is 26.0 Å². The van der Waals surface area contributed by atoms with E-state index in [2.05, 4.69) is 29.0 Å². The minimum atomic E-state index is -0.333. The second-order valence-electron chi connectivity index (χ2n) is 8.96. The van der Waals surface area contributed by atoms with Gasteiger partial charge in [0, 0.05) is 64.2 Å². The Hall–Kier alpha value is -3.25.